The molecular weight excluding hydrogens is 214 g/mol. The molecule has 0 saturated heterocycles. The molecule has 0 spiro atoms. The van der Waals surface area contributed by atoms with Gasteiger partial charge in [-0.3, -0.25) is 4.68 Å². The number of likely N-dealkylation sites (N-methyl/N-ethyl adjacent to an activating group) is 1. The molecule has 1 N–H and O–H groups in total. The number of hydrogen-bond donors (Lipinski definition) is 1. The van der Waals surface area contributed by atoms with Gasteiger partial charge in [-0.15, -0.1) is 5.10 Å². The van der Waals surface area contributed by atoms with Crippen molar-refractivity contribution in [2.45, 2.75) is 39.8 Å². The van der Waals surface area contributed by atoms with Crippen LogP contribution in [0.3, 0.4) is 0 Å². The van der Waals surface area contributed by atoms with Crippen LogP contribution in [0.1, 0.15) is 32.4 Å². The summed E-state index contributed by atoms with van der Waals surface area (Å²) in [5, 5.41) is 11.3. The first-order valence-electron chi connectivity index (χ1n) is 6.56. The molecule has 0 saturated carbocycles. The Bertz CT molecular complexity index is 297. The average Bonchev–Trinajstić information content (AvgIpc) is 2.78. The highest BCUT2D eigenvalue weighted by atomic mass is 15.4. The molecular formula is C12H25N5. The topological polar surface area (TPSA) is 46.0 Å². The van der Waals surface area contributed by atoms with E-state index < -0.39 is 0 Å². The Hall–Kier alpha value is -0.940. The fraction of sp³-hybridized carbons (Fsp3) is 0.833. The second-order valence-electron chi connectivity index (χ2n) is 4.29. The van der Waals surface area contributed by atoms with E-state index in [9.17, 15) is 0 Å². The van der Waals surface area contributed by atoms with Crippen LogP contribution in [0.5, 0.6) is 0 Å². The van der Waals surface area contributed by atoms with Gasteiger partial charge in [0.2, 0.25) is 0 Å². The van der Waals surface area contributed by atoms with Gasteiger partial charge in [0.25, 0.3) is 0 Å². The van der Waals surface area contributed by atoms with Crippen molar-refractivity contribution < 1.29 is 0 Å². The molecule has 17 heavy (non-hydrogen) atoms. The summed E-state index contributed by atoms with van der Waals surface area (Å²) < 4.78 is 1.93. The van der Waals surface area contributed by atoms with E-state index in [0.29, 0.717) is 0 Å². The summed E-state index contributed by atoms with van der Waals surface area (Å²) in [6.07, 6.45) is 4.55. The minimum Gasteiger partial charge on any atom is -0.314 e. The molecule has 0 unspecified atom stereocenters. The molecule has 98 valence electrons. The lowest BCUT2D eigenvalue weighted by Gasteiger charge is -2.19. The number of unbranched alkanes of at least 4 members (excludes halogenated alkanes) is 1. The van der Waals surface area contributed by atoms with E-state index in [4.69, 9.17) is 0 Å². The Kier molecular flexibility index (Phi) is 6.81. The zero-order valence-corrected chi connectivity index (χ0v) is 11.3. The van der Waals surface area contributed by atoms with Gasteiger partial charge in [0.05, 0.1) is 12.2 Å². The Labute approximate surface area is 104 Å². The molecule has 0 aromatic carbocycles. The van der Waals surface area contributed by atoms with Crippen LogP contribution >= 0.6 is 0 Å². The lowest BCUT2D eigenvalue weighted by atomic mass is 10.3. The van der Waals surface area contributed by atoms with Gasteiger partial charge in [-0.25, -0.2) is 0 Å². The highest BCUT2D eigenvalue weighted by Gasteiger charge is 2.03. The normalized spacial score (nSPS) is 11.3. The SMILES string of the molecule is CCCCN(CC)CCn1cc(CNC)nn1. The van der Waals surface area contributed by atoms with Crippen molar-refractivity contribution in [3.63, 3.8) is 0 Å². The molecule has 5 heteroatoms. The summed E-state index contributed by atoms with van der Waals surface area (Å²) in [7, 11) is 1.92. The van der Waals surface area contributed by atoms with Crippen molar-refractivity contribution in [2.24, 2.45) is 0 Å². The van der Waals surface area contributed by atoms with Crippen LogP contribution in [0.2, 0.25) is 0 Å². The number of nitrogens with zero attached hydrogens (tertiary/aromatic N) is 4. The van der Waals surface area contributed by atoms with Crippen molar-refractivity contribution in [1.82, 2.24) is 25.2 Å². The van der Waals surface area contributed by atoms with Crippen LogP contribution in [0, 0.1) is 0 Å². The van der Waals surface area contributed by atoms with E-state index in [2.05, 4.69) is 34.4 Å². The predicted molar refractivity (Wildman–Crippen MR) is 69.8 cm³/mol. The maximum atomic E-state index is 4.12. The highest BCUT2D eigenvalue weighted by Crippen LogP contribution is 1.97. The maximum Gasteiger partial charge on any atom is 0.0964 e. The predicted octanol–water partition coefficient (Wildman–Crippen LogP) is 1.12. The van der Waals surface area contributed by atoms with E-state index in [0.717, 1.165) is 31.9 Å². The first-order chi connectivity index (χ1) is 8.30. The number of nitrogens with one attached hydrogen (secondary N) is 1. The Morgan fingerprint density at radius 3 is 2.82 bits per heavy atom. The molecule has 0 bridgehead atoms. The van der Waals surface area contributed by atoms with E-state index in [-0.39, 0.29) is 0 Å². The van der Waals surface area contributed by atoms with E-state index in [1.54, 1.807) is 0 Å². The zero-order chi connectivity index (χ0) is 12.5. The second kappa shape index (κ2) is 8.20. The molecule has 0 atom stereocenters. The van der Waals surface area contributed by atoms with Crippen molar-refractivity contribution in [3.05, 3.63) is 11.9 Å². The first-order valence-corrected chi connectivity index (χ1v) is 6.56. The molecule has 0 radical (unpaired) electrons. The molecule has 0 fully saturated rings. The molecule has 1 aromatic heterocycles. The lowest BCUT2D eigenvalue weighted by Crippen LogP contribution is -2.28. The zero-order valence-electron chi connectivity index (χ0n) is 11.3. The van der Waals surface area contributed by atoms with Crippen LogP contribution in [-0.4, -0.2) is 46.6 Å². The number of rotatable bonds is 9. The van der Waals surface area contributed by atoms with Gasteiger partial charge in [0.1, 0.15) is 0 Å². The molecule has 1 aromatic rings. The van der Waals surface area contributed by atoms with Crippen molar-refractivity contribution in [1.29, 1.82) is 0 Å². The van der Waals surface area contributed by atoms with Crippen LogP contribution in [0.4, 0.5) is 0 Å². The molecule has 0 aliphatic carbocycles. The van der Waals surface area contributed by atoms with Crippen LogP contribution in [-0.2, 0) is 13.1 Å². The van der Waals surface area contributed by atoms with Crippen LogP contribution in [0.25, 0.3) is 0 Å². The molecule has 0 amide bonds. The minimum atomic E-state index is 0.785. The van der Waals surface area contributed by atoms with Crippen LogP contribution in [0.15, 0.2) is 6.20 Å². The quantitative estimate of drug-likeness (QED) is 0.701. The smallest absolute Gasteiger partial charge is 0.0964 e. The molecule has 1 rings (SSSR count). The molecule has 1 heterocycles. The second-order valence-corrected chi connectivity index (χ2v) is 4.29. The Morgan fingerprint density at radius 2 is 2.18 bits per heavy atom. The summed E-state index contributed by atoms with van der Waals surface area (Å²) in [6, 6.07) is 0. The van der Waals surface area contributed by atoms with E-state index >= 15 is 0 Å². The standard InChI is InChI=1S/C12H25N5/c1-4-6-7-16(5-2)8-9-17-11-12(10-13-3)14-15-17/h11,13H,4-10H2,1-3H3. The maximum absolute atomic E-state index is 4.12. The number of hydrogen-bond acceptors (Lipinski definition) is 4. The molecule has 0 aliphatic heterocycles. The van der Waals surface area contributed by atoms with Crippen molar-refractivity contribution in [2.75, 3.05) is 26.7 Å². The van der Waals surface area contributed by atoms with Crippen LogP contribution < -0.4 is 5.32 Å². The third-order valence-electron chi connectivity index (χ3n) is 2.86. The minimum absolute atomic E-state index is 0.785. The van der Waals surface area contributed by atoms with Gasteiger partial charge in [-0.2, -0.15) is 0 Å². The third kappa shape index (κ3) is 5.28. The monoisotopic (exact) mass is 239 g/mol. The molecule has 0 aliphatic rings. The lowest BCUT2D eigenvalue weighted by molar-refractivity contribution is 0.266. The highest BCUT2D eigenvalue weighted by molar-refractivity contribution is 4.91. The largest absolute Gasteiger partial charge is 0.314 e. The van der Waals surface area contributed by atoms with Gasteiger partial charge >= 0.3 is 0 Å². The van der Waals surface area contributed by atoms with Gasteiger partial charge in [-0.05, 0) is 26.6 Å². The summed E-state index contributed by atoms with van der Waals surface area (Å²) in [5.74, 6) is 0. The molecule has 5 nitrogen and oxygen atoms in total. The fourth-order valence-corrected chi connectivity index (χ4v) is 1.76. The van der Waals surface area contributed by atoms with E-state index in [1.165, 1.54) is 19.4 Å². The van der Waals surface area contributed by atoms with E-state index in [1.807, 2.05) is 17.9 Å². The summed E-state index contributed by atoms with van der Waals surface area (Å²) in [4.78, 5) is 2.46. The summed E-state index contributed by atoms with van der Waals surface area (Å²) >= 11 is 0. The average molecular weight is 239 g/mol. The Balaban J connectivity index is 2.31. The van der Waals surface area contributed by atoms with Gasteiger partial charge < -0.3 is 10.2 Å². The Morgan fingerprint density at radius 1 is 1.35 bits per heavy atom. The first kappa shape index (κ1) is 14.1. The third-order valence-corrected chi connectivity index (χ3v) is 2.86. The van der Waals surface area contributed by atoms with Gasteiger partial charge in [0.15, 0.2) is 0 Å². The van der Waals surface area contributed by atoms with Gasteiger partial charge in [0, 0.05) is 19.3 Å². The number of aromatic nitrogens is 3. The van der Waals surface area contributed by atoms with Crippen molar-refractivity contribution in [3.8, 4) is 0 Å². The fourth-order valence-electron chi connectivity index (χ4n) is 1.76. The van der Waals surface area contributed by atoms with Crippen molar-refractivity contribution >= 4 is 0 Å². The summed E-state index contributed by atoms with van der Waals surface area (Å²) in [6.45, 7) is 9.50. The van der Waals surface area contributed by atoms with Gasteiger partial charge in [-0.1, -0.05) is 25.5 Å². The summed E-state index contributed by atoms with van der Waals surface area (Å²) in [5.41, 5.74) is 1.00.